The van der Waals surface area contributed by atoms with Gasteiger partial charge < -0.3 is 10.2 Å². The van der Waals surface area contributed by atoms with Crippen molar-refractivity contribution in [2.45, 2.75) is 65.3 Å². The number of likely N-dealkylation sites (N-methyl/N-ethyl adjacent to an activating group) is 1. The standard InChI is InChI=1S/C16H32N2/c1-4-17-15-7-10-18(12-15)13-16(11-14(2)3)8-5-6-9-16/h14-15,17H,4-13H2,1-3H3. The van der Waals surface area contributed by atoms with Gasteiger partial charge in [0.25, 0.3) is 0 Å². The van der Waals surface area contributed by atoms with E-state index in [4.69, 9.17) is 0 Å². The highest BCUT2D eigenvalue weighted by Crippen LogP contribution is 2.44. The molecule has 2 fully saturated rings. The largest absolute Gasteiger partial charge is 0.313 e. The highest BCUT2D eigenvalue weighted by atomic mass is 15.2. The van der Waals surface area contributed by atoms with E-state index >= 15 is 0 Å². The molecule has 0 aromatic heterocycles. The van der Waals surface area contributed by atoms with E-state index in [0.717, 1.165) is 18.5 Å². The topological polar surface area (TPSA) is 15.3 Å². The van der Waals surface area contributed by atoms with Crippen LogP contribution in [0.2, 0.25) is 0 Å². The third-order valence-electron chi connectivity index (χ3n) is 4.83. The summed E-state index contributed by atoms with van der Waals surface area (Å²) in [6.45, 7) is 12.1. The Balaban J connectivity index is 1.86. The van der Waals surface area contributed by atoms with Gasteiger partial charge >= 0.3 is 0 Å². The van der Waals surface area contributed by atoms with Crippen LogP contribution in [0.4, 0.5) is 0 Å². The molecule has 1 atom stereocenters. The molecule has 0 amide bonds. The van der Waals surface area contributed by atoms with Gasteiger partial charge in [-0.15, -0.1) is 0 Å². The van der Waals surface area contributed by atoms with E-state index in [2.05, 4.69) is 31.0 Å². The van der Waals surface area contributed by atoms with Gasteiger partial charge in [0.1, 0.15) is 0 Å². The van der Waals surface area contributed by atoms with Crippen LogP contribution < -0.4 is 5.32 Å². The average Bonchev–Trinajstić information content (AvgIpc) is 2.89. The normalized spacial score (nSPS) is 28.3. The number of rotatable bonds is 6. The third-order valence-corrected chi connectivity index (χ3v) is 4.83. The predicted molar refractivity (Wildman–Crippen MR) is 78.9 cm³/mol. The minimum absolute atomic E-state index is 0.662. The Morgan fingerprint density at radius 2 is 2.00 bits per heavy atom. The second-order valence-corrected chi connectivity index (χ2v) is 7.08. The van der Waals surface area contributed by atoms with Crippen LogP contribution in [0.25, 0.3) is 0 Å². The average molecular weight is 252 g/mol. The molecule has 1 N–H and O–H groups in total. The van der Waals surface area contributed by atoms with E-state index in [-0.39, 0.29) is 0 Å². The number of nitrogens with zero attached hydrogens (tertiary/aromatic N) is 1. The SMILES string of the molecule is CCNC1CCN(CC2(CC(C)C)CCCC2)C1. The van der Waals surface area contributed by atoms with Crippen molar-refractivity contribution in [3.63, 3.8) is 0 Å². The van der Waals surface area contributed by atoms with Gasteiger partial charge in [-0.1, -0.05) is 33.6 Å². The molecule has 0 spiro atoms. The molecular formula is C16H32N2. The summed E-state index contributed by atoms with van der Waals surface area (Å²) in [7, 11) is 0. The summed E-state index contributed by atoms with van der Waals surface area (Å²) < 4.78 is 0. The minimum Gasteiger partial charge on any atom is -0.313 e. The van der Waals surface area contributed by atoms with Crippen LogP contribution in [0.5, 0.6) is 0 Å². The lowest BCUT2D eigenvalue weighted by molar-refractivity contribution is 0.145. The second kappa shape index (κ2) is 6.38. The van der Waals surface area contributed by atoms with Crippen molar-refractivity contribution >= 4 is 0 Å². The van der Waals surface area contributed by atoms with E-state index in [9.17, 15) is 0 Å². The van der Waals surface area contributed by atoms with Crippen molar-refractivity contribution in [1.82, 2.24) is 10.2 Å². The first kappa shape index (κ1) is 14.3. The van der Waals surface area contributed by atoms with Gasteiger partial charge in [-0.25, -0.2) is 0 Å². The molecule has 1 aliphatic heterocycles. The van der Waals surface area contributed by atoms with Crippen molar-refractivity contribution in [1.29, 1.82) is 0 Å². The second-order valence-electron chi connectivity index (χ2n) is 7.08. The van der Waals surface area contributed by atoms with Crippen LogP contribution in [0, 0.1) is 11.3 Å². The van der Waals surface area contributed by atoms with Gasteiger partial charge in [0, 0.05) is 19.1 Å². The van der Waals surface area contributed by atoms with E-state index in [0.29, 0.717) is 5.41 Å². The summed E-state index contributed by atoms with van der Waals surface area (Å²) in [6, 6.07) is 0.757. The molecule has 1 aliphatic carbocycles. The zero-order chi connectivity index (χ0) is 13.0. The fourth-order valence-electron chi connectivity index (χ4n) is 4.32. The molecule has 0 bridgehead atoms. The molecule has 2 nitrogen and oxygen atoms in total. The zero-order valence-electron chi connectivity index (χ0n) is 12.7. The van der Waals surface area contributed by atoms with Gasteiger partial charge in [-0.05, 0) is 50.1 Å². The first-order valence-electron chi connectivity index (χ1n) is 8.09. The van der Waals surface area contributed by atoms with Gasteiger partial charge in [-0.2, -0.15) is 0 Å². The molecule has 1 heterocycles. The van der Waals surface area contributed by atoms with Crippen LogP contribution in [0.1, 0.15) is 59.3 Å². The molecular weight excluding hydrogens is 220 g/mol. The maximum atomic E-state index is 3.61. The first-order chi connectivity index (χ1) is 8.63. The fraction of sp³-hybridized carbons (Fsp3) is 1.00. The van der Waals surface area contributed by atoms with Crippen LogP contribution in [-0.4, -0.2) is 37.1 Å². The molecule has 1 unspecified atom stereocenters. The summed E-state index contributed by atoms with van der Waals surface area (Å²) in [6.07, 6.45) is 8.69. The maximum absolute atomic E-state index is 3.61. The smallest absolute Gasteiger partial charge is 0.0207 e. The molecule has 2 heteroatoms. The molecule has 0 aromatic carbocycles. The number of nitrogens with one attached hydrogen (secondary N) is 1. The monoisotopic (exact) mass is 252 g/mol. The highest BCUT2D eigenvalue weighted by molar-refractivity contribution is 4.91. The molecule has 1 saturated carbocycles. The summed E-state index contributed by atoms with van der Waals surface area (Å²) >= 11 is 0. The minimum atomic E-state index is 0.662. The Hall–Kier alpha value is -0.0800. The predicted octanol–water partition coefficient (Wildman–Crippen LogP) is 3.28. The lowest BCUT2D eigenvalue weighted by Gasteiger charge is -2.35. The van der Waals surface area contributed by atoms with Crippen LogP contribution >= 0.6 is 0 Å². The van der Waals surface area contributed by atoms with Gasteiger partial charge in [0.15, 0.2) is 0 Å². The number of hydrogen-bond acceptors (Lipinski definition) is 2. The first-order valence-corrected chi connectivity index (χ1v) is 8.09. The zero-order valence-corrected chi connectivity index (χ0v) is 12.7. The molecule has 106 valence electrons. The van der Waals surface area contributed by atoms with E-state index < -0.39 is 0 Å². The van der Waals surface area contributed by atoms with E-state index in [1.54, 1.807) is 0 Å². The molecule has 0 aromatic rings. The van der Waals surface area contributed by atoms with Gasteiger partial charge in [0.2, 0.25) is 0 Å². The van der Waals surface area contributed by atoms with Crippen molar-refractivity contribution < 1.29 is 0 Å². The van der Waals surface area contributed by atoms with Crippen molar-refractivity contribution in [2.75, 3.05) is 26.2 Å². The quantitative estimate of drug-likeness (QED) is 0.780. The molecule has 0 radical (unpaired) electrons. The van der Waals surface area contributed by atoms with Gasteiger partial charge in [0.05, 0.1) is 0 Å². The van der Waals surface area contributed by atoms with Crippen LogP contribution in [0.3, 0.4) is 0 Å². The Bertz CT molecular complexity index is 243. The summed E-state index contributed by atoms with van der Waals surface area (Å²) in [5.41, 5.74) is 0.662. The van der Waals surface area contributed by atoms with E-state index in [1.807, 2.05) is 0 Å². The highest BCUT2D eigenvalue weighted by Gasteiger charge is 2.37. The Kier molecular flexibility index (Phi) is 5.08. The fourth-order valence-corrected chi connectivity index (χ4v) is 4.32. The molecule has 2 rings (SSSR count). The van der Waals surface area contributed by atoms with Crippen molar-refractivity contribution in [3.05, 3.63) is 0 Å². The van der Waals surface area contributed by atoms with Crippen molar-refractivity contribution in [2.24, 2.45) is 11.3 Å². The number of likely N-dealkylation sites (tertiary alicyclic amines) is 1. The lowest BCUT2D eigenvalue weighted by atomic mass is 9.78. The molecule has 2 aliphatic rings. The Morgan fingerprint density at radius 1 is 1.28 bits per heavy atom. The van der Waals surface area contributed by atoms with Crippen molar-refractivity contribution in [3.8, 4) is 0 Å². The van der Waals surface area contributed by atoms with E-state index in [1.165, 1.54) is 58.2 Å². The van der Waals surface area contributed by atoms with Crippen LogP contribution in [0.15, 0.2) is 0 Å². The summed E-state index contributed by atoms with van der Waals surface area (Å²) in [5, 5.41) is 3.61. The third kappa shape index (κ3) is 3.71. The summed E-state index contributed by atoms with van der Waals surface area (Å²) in [4.78, 5) is 2.74. The lowest BCUT2D eigenvalue weighted by Crippen LogP contribution is -2.38. The summed E-state index contributed by atoms with van der Waals surface area (Å²) in [5.74, 6) is 0.857. The Labute approximate surface area is 114 Å². The molecule has 1 saturated heterocycles. The Morgan fingerprint density at radius 3 is 2.61 bits per heavy atom. The maximum Gasteiger partial charge on any atom is 0.0207 e. The van der Waals surface area contributed by atoms with Gasteiger partial charge in [-0.3, -0.25) is 0 Å². The number of hydrogen-bond donors (Lipinski definition) is 1. The van der Waals surface area contributed by atoms with Crippen LogP contribution in [-0.2, 0) is 0 Å². The molecule has 18 heavy (non-hydrogen) atoms.